The Bertz CT molecular complexity index is 982. The zero-order valence-corrected chi connectivity index (χ0v) is 14.0. The van der Waals surface area contributed by atoms with Gasteiger partial charge in [0.25, 0.3) is 0 Å². The van der Waals surface area contributed by atoms with Crippen molar-refractivity contribution in [3.63, 3.8) is 0 Å². The van der Waals surface area contributed by atoms with Crippen LogP contribution in [0.15, 0.2) is 58.2 Å². The molecule has 0 unspecified atom stereocenters. The summed E-state index contributed by atoms with van der Waals surface area (Å²) in [6.45, 7) is 0. The molecule has 2 N–H and O–H groups in total. The van der Waals surface area contributed by atoms with Gasteiger partial charge in [-0.25, -0.2) is 9.97 Å². The number of halogens is 1. The van der Waals surface area contributed by atoms with Crippen molar-refractivity contribution in [2.45, 2.75) is 10.8 Å². The van der Waals surface area contributed by atoms with E-state index in [-0.39, 0.29) is 5.95 Å². The molecule has 3 aromatic heterocycles. The molecule has 6 nitrogen and oxygen atoms in total. The van der Waals surface area contributed by atoms with Gasteiger partial charge in [0.2, 0.25) is 11.8 Å². The Morgan fingerprint density at radius 3 is 2.75 bits per heavy atom. The fraction of sp³-hybridized carbons (Fsp3) is 0.0625. The molecule has 0 aliphatic rings. The molecule has 0 atom stereocenters. The predicted octanol–water partition coefficient (Wildman–Crippen LogP) is 3.91. The van der Waals surface area contributed by atoms with Crippen LogP contribution >= 0.6 is 23.4 Å². The first kappa shape index (κ1) is 15.0. The van der Waals surface area contributed by atoms with Crippen LogP contribution in [0.2, 0.25) is 5.02 Å². The maximum Gasteiger partial charge on any atom is 0.224 e. The summed E-state index contributed by atoms with van der Waals surface area (Å²) in [5.41, 5.74) is 7.79. The Labute approximate surface area is 146 Å². The van der Waals surface area contributed by atoms with Crippen LogP contribution in [0.1, 0.15) is 5.56 Å². The number of benzene rings is 1. The first-order valence-corrected chi connectivity index (χ1v) is 8.50. The zero-order chi connectivity index (χ0) is 16.5. The lowest BCUT2D eigenvalue weighted by molar-refractivity contribution is 0.577. The summed E-state index contributed by atoms with van der Waals surface area (Å²) in [5, 5.41) is 5.83. The number of aromatic nitrogens is 4. The molecule has 0 fully saturated rings. The Morgan fingerprint density at radius 1 is 1.17 bits per heavy atom. The van der Waals surface area contributed by atoms with Gasteiger partial charge >= 0.3 is 0 Å². The third kappa shape index (κ3) is 2.95. The van der Waals surface area contributed by atoms with Gasteiger partial charge in [-0.2, -0.15) is 4.52 Å². The molecule has 3 heterocycles. The van der Waals surface area contributed by atoms with E-state index in [0.717, 1.165) is 21.4 Å². The number of nitrogens with two attached hydrogens (primary N) is 1. The summed E-state index contributed by atoms with van der Waals surface area (Å²) in [6, 6.07) is 13.2. The molecular formula is C16H12ClN5OS. The first-order valence-electron chi connectivity index (χ1n) is 7.13. The second-order valence-electron chi connectivity index (χ2n) is 5.05. The molecule has 120 valence electrons. The van der Waals surface area contributed by atoms with Crippen LogP contribution in [-0.2, 0) is 5.75 Å². The van der Waals surface area contributed by atoms with E-state index in [0.29, 0.717) is 17.2 Å². The lowest BCUT2D eigenvalue weighted by Crippen LogP contribution is -2.02. The van der Waals surface area contributed by atoms with E-state index in [2.05, 4.69) is 15.1 Å². The van der Waals surface area contributed by atoms with E-state index in [9.17, 15) is 0 Å². The third-order valence-electron chi connectivity index (χ3n) is 3.37. The van der Waals surface area contributed by atoms with E-state index in [1.807, 2.05) is 30.3 Å². The van der Waals surface area contributed by atoms with Crippen LogP contribution in [-0.4, -0.2) is 19.6 Å². The zero-order valence-electron chi connectivity index (χ0n) is 12.4. The summed E-state index contributed by atoms with van der Waals surface area (Å²) < 4.78 is 6.82. The number of nitrogen functional groups attached to an aromatic ring is 1. The number of rotatable bonds is 4. The van der Waals surface area contributed by atoms with Crippen molar-refractivity contribution in [3.8, 4) is 11.6 Å². The van der Waals surface area contributed by atoms with Gasteiger partial charge in [0.05, 0.1) is 6.26 Å². The Hall–Kier alpha value is -2.51. The minimum atomic E-state index is 0.288. The number of thioether (sulfide) groups is 1. The second-order valence-corrected chi connectivity index (χ2v) is 6.48. The molecule has 0 amide bonds. The summed E-state index contributed by atoms with van der Waals surface area (Å²) in [5.74, 6) is 2.12. The Balaban J connectivity index is 1.61. The van der Waals surface area contributed by atoms with Crippen molar-refractivity contribution in [2.75, 3.05) is 5.73 Å². The van der Waals surface area contributed by atoms with Gasteiger partial charge in [-0.1, -0.05) is 23.7 Å². The van der Waals surface area contributed by atoms with Gasteiger partial charge in [-0.15, -0.1) is 16.9 Å². The van der Waals surface area contributed by atoms with E-state index in [1.54, 1.807) is 30.2 Å². The molecule has 0 bridgehead atoms. The minimum absolute atomic E-state index is 0.288. The van der Waals surface area contributed by atoms with Crippen molar-refractivity contribution < 1.29 is 4.42 Å². The van der Waals surface area contributed by atoms with Gasteiger partial charge in [-0.3, -0.25) is 0 Å². The SMILES string of the molecule is Nc1nc(SCc2ccc(Cl)cc2)cc2nc(-c3ccco3)nn12. The molecule has 8 heteroatoms. The number of fused-ring (bicyclic) bond motifs is 1. The minimum Gasteiger partial charge on any atom is -0.461 e. The van der Waals surface area contributed by atoms with E-state index < -0.39 is 0 Å². The molecule has 0 saturated heterocycles. The highest BCUT2D eigenvalue weighted by Crippen LogP contribution is 2.25. The number of furan rings is 1. The van der Waals surface area contributed by atoms with Gasteiger partial charge in [0, 0.05) is 16.8 Å². The maximum absolute atomic E-state index is 6.00. The van der Waals surface area contributed by atoms with Crippen LogP contribution in [0.5, 0.6) is 0 Å². The highest BCUT2D eigenvalue weighted by atomic mass is 35.5. The Morgan fingerprint density at radius 2 is 2.00 bits per heavy atom. The number of nitrogens with zero attached hydrogens (tertiary/aromatic N) is 4. The number of anilines is 1. The molecule has 0 aliphatic heterocycles. The molecule has 0 spiro atoms. The topological polar surface area (TPSA) is 82.2 Å². The van der Waals surface area contributed by atoms with Crippen molar-refractivity contribution in [2.24, 2.45) is 0 Å². The summed E-state index contributed by atoms with van der Waals surface area (Å²) >= 11 is 7.47. The van der Waals surface area contributed by atoms with Crippen LogP contribution in [0, 0.1) is 0 Å². The summed E-state index contributed by atoms with van der Waals surface area (Å²) in [4.78, 5) is 8.82. The highest BCUT2D eigenvalue weighted by Gasteiger charge is 2.12. The van der Waals surface area contributed by atoms with Crippen LogP contribution in [0.25, 0.3) is 17.2 Å². The third-order valence-corrected chi connectivity index (χ3v) is 4.60. The van der Waals surface area contributed by atoms with Crippen molar-refractivity contribution in [1.82, 2.24) is 19.6 Å². The molecule has 0 radical (unpaired) electrons. The standard InChI is InChI=1S/C16H12ClN5OS/c17-11-5-3-10(4-6-11)9-24-14-8-13-19-15(12-2-1-7-23-12)21-22(13)16(18)20-14/h1-8H,9H2,(H2,18,20). The summed E-state index contributed by atoms with van der Waals surface area (Å²) in [6.07, 6.45) is 1.58. The molecule has 0 saturated carbocycles. The predicted molar refractivity (Wildman–Crippen MR) is 93.9 cm³/mol. The fourth-order valence-electron chi connectivity index (χ4n) is 2.21. The van der Waals surface area contributed by atoms with Crippen LogP contribution in [0.4, 0.5) is 5.95 Å². The van der Waals surface area contributed by atoms with E-state index >= 15 is 0 Å². The van der Waals surface area contributed by atoms with Gasteiger partial charge in [0.15, 0.2) is 11.4 Å². The second kappa shape index (κ2) is 6.18. The van der Waals surface area contributed by atoms with E-state index in [1.165, 1.54) is 4.52 Å². The van der Waals surface area contributed by atoms with Gasteiger partial charge < -0.3 is 10.2 Å². The monoisotopic (exact) mass is 357 g/mol. The summed E-state index contributed by atoms with van der Waals surface area (Å²) in [7, 11) is 0. The largest absolute Gasteiger partial charge is 0.461 e. The number of hydrogen-bond donors (Lipinski definition) is 1. The van der Waals surface area contributed by atoms with Crippen LogP contribution in [0.3, 0.4) is 0 Å². The maximum atomic E-state index is 6.00. The van der Waals surface area contributed by atoms with Crippen molar-refractivity contribution in [1.29, 1.82) is 0 Å². The van der Waals surface area contributed by atoms with E-state index in [4.69, 9.17) is 21.8 Å². The van der Waals surface area contributed by atoms with Crippen LogP contribution < -0.4 is 5.73 Å². The van der Waals surface area contributed by atoms with Crippen molar-refractivity contribution in [3.05, 3.63) is 59.3 Å². The average Bonchev–Trinajstić information content (AvgIpc) is 3.23. The molecule has 0 aliphatic carbocycles. The normalized spacial score (nSPS) is 11.2. The molecule has 1 aromatic carbocycles. The highest BCUT2D eigenvalue weighted by molar-refractivity contribution is 7.98. The lowest BCUT2D eigenvalue weighted by atomic mass is 10.2. The molecular weight excluding hydrogens is 346 g/mol. The smallest absolute Gasteiger partial charge is 0.224 e. The van der Waals surface area contributed by atoms with Gasteiger partial charge in [-0.05, 0) is 29.8 Å². The first-order chi connectivity index (χ1) is 11.7. The molecule has 4 aromatic rings. The number of hydrogen-bond acceptors (Lipinski definition) is 6. The lowest BCUT2D eigenvalue weighted by Gasteiger charge is -2.03. The van der Waals surface area contributed by atoms with Crippen molar-refractivity contribution >= 4 is 35.0 Å². The molecule has 24 heavy (non-hydrogen) atoms. The molecule has 4 rings (SSSR count). The fourth-order valence-corrected chi connectivity index (χ4v) is 3.19. The quantitative estimate of drug-likeness (QED) is 0.440. The Kier molecular flexibility index (Phi) is 3.87. The van der Waals surface area contributed by atoms with Gasteiger partial charge in [0.1, 0.15) is 5.03 Å². The average molecular weight is 358 g/mol.